The Labute approximate surface area is 209 Å². The minimum absolute atomic E-state index is 0.0153. The van der Waals surface area contributed by atoms with Gasteiger partial charge in [-0.15, -0.1) is 4.40 Å². The SMILES string of the molecule is CC(C)(C)CCC1(O)C(=O)C(C2=NS(=O)(=O)c3cc(NS(C)(=O)=O)ccc3N2)=C(O)c2ccccc21. The van der Waals surface area contributed by atoms with Gasteiger partial charge in [0, 0.05) is 16.8 Å². The van der Waals surface area contributed by atoms with Crippen molar-refractivity contribution < 1.29 is 31.8 Å². The molecule has 1 heterocycles. The maximum Gasteiger partial charge on any atom is 0.286 e. The standard InChI is InChI=1S/C24H27N3O7S2/c1-23(2,3)11-12-24(30)16-8-6-5-7-15(16)20(28)19(21(24)29)22-25-17-10-9-14(26-35(4,31)32)13-18(17)36(33,34)27-22/h5-10,13,26,28,30H,11-12H2,1-4H3,(H,25,27). The van der Waals surface area contributed by atoms with Crippen molar-refractivity contribution in [1.29, 1.82) is 0 Å². The molecular weight excluding hydrogens is 506 g/mol. The fourth-order valence-electron chi connectivity index (χ4n) is 4.19. The van der Waals surface area contributed by atoms with Crippen molar-refractivity contribution in [3.05, 3.63) is 59.2 Å². The Morgan fingerprint density at radius 3 is 2.44 bits per heavy atom. The normalized spacial score (nSPS) is 21.2. The average molecular weight is 534 g/mol. The van der Waals surface area contributed by atoms with Crippen molar-refractivity contribution in [2.24, 2.45) is 9.81 Å². The van der Waals surface area contributed by atoms with Gasteiger partial charge in [-0.25, -0.2) is 8.42 Å². The Morgan fingerprint density at radius 1 is 1.14 bits per heavy atom. The molecule has 12 heteroatoms. The van der Waals surface area contributed by atoms with E-state index < -0.39 is 48.6 Å². The summed E-state index contributed by atoms with van der Waals surface area (Å²) in [4.78, 5) is 13.4. The number of nitrogens with one attached hydrogen (secondary N) is 2. The molecule has 0 spiro atoms. The molecule has 0 saturated carbocycles. The highest BCUT2D eigenvalue weighted by molar-refractivity contribution is 7.92. The number of rotatable bonds is 5. The fraction of sp³-hybridized carbons (Fsp3) is 0.333. The van der Waals surface area contributed by atoms with Gasteiger partial charge in [0.05, 0.1) is 11.9 Å². The van der Waals surface area contributed by atoms with Gasteiger partial charge in [-0.05, 0) is 36.5 Å². The zero-order valence-corrected chi connectivity index (χ0v) is 21.8. The zero-order valence-electron chi connectivity index (χ0n) is 20.2. The number of nitrogens with zero attached hydrogens (tertiary/aromatic N) is 1. The number of fused-ring (bicyclic) bond motifs is 2. The number of hydrogen-bond acceptors (Lipinski definition) is 8. The fourth-order valence-corrected chi connectivity index (χ4v) is 5.89. The number of sulfonamides is 2. The number of benzene rings is 2. The molecule has 0 bridgehead atoms. The highest BCUT2D eigenvalue weighted by Crippen LogP contribution is 2.44. The first-order valence-electron chi connectivity index (χ1n) is 11.1. The van der Waals surface area contributed by atoms with Crippen LogP contribution in [0.25, 0.3) is 5.76 Å². The number of aliphatic hydroxyl groups excluding tert-OH is 1. The number of amidine groups is 1. The van der Waals surface area contributed by atoms with Gasteiger partial charge in [-0.2, -0.15) is 8.42 Å². The van der Waals surface area contributed by atoms with Crippen LogP contribution in [0.2, 0.25) is 0 Å². The Morgan fingerprint density at radius 2 is 1.81 bits per heavy atom. The molecule has 10 nitrogen and oxygen atoms in total. The monoisotopic (exact) mass is 533 g/mol. The first-order valence-corrected chi connectivity index (χ1v) is 14.4. The summed E-state index contributed by atoms with van der Waals surface area (Å²) in [6.45, 7) is 5.90. The third-order valence-electron chi connectivity index (χ3n) is 5.97. The summed E-state index contributed by atoms with van der Waals surface area (Å²) >= 11 is 0. The number of carbonyl (C=O) groups is 1. The van der Waals surface area contributed by atoms with E-state index in [0.29, 0.717) is 6.42 Å². The number of hydrogen-bond donors (Lipinski definition) is 4. The summed E-state index contributed by atoms with van der Waals surface area (Å²) in [7, 11) is -8.06. The Kier molecular flexibility index (Phi) is 6.05. The lowest BCUT2D eigenvalue weighted by atomic mass is 9.72. The molecule has 36 heavy (non-hydrogen) atoms. The van der Waals surface area contributed by atoms with Gasteiger partial charge in [0.1, 0.15) is 16.2 Å². The number of carbonyl (C=O) groups excluding carboxylic acids is 1. The predicted molar refractivity (Wildman–Crippen MR) is 137 cm³/mol. The topological polar surface area (TPSA) is 162 Å². The van der Waals surface area contributed by atoms with Gasteiger partial charge in [0.25, 0.3) is 10.0 Å². The van der Waals surface area contributed by atoms with Crippen molar-refractivity contribution in [2.45, 2.75) is 44.1 Å². The van der Waals surface area contributed by atoms with Crippen LogP contribution in [0.3, 0.4) is 0 Å². The van der Waals surface area contributed by atoms with E-state index in [1.54, 1.807) is 18.2 Å². The van der Waals surface area contributed by atoms with Crippen molar-refractivity contribution in [1.82, 2.24) is 0 Å². The van der Waals surface area contributed by atoms with Crippen LogP contribution in [0.1, 0.15) is 44.7 Å². The smallest absolute Gasteiger partial charge is 0.286 e. The number of anilines is 2. The van der Waals surface area contributed by atoms with Gasteiger partial charge in [-0.1, -0.05) is 45.0 Å². The van der Waals surface area contributed by atoms with E-state index >= 15 is 0 Å². The summed E-state index contributed by atoms with van der Waals surface area (Å²) < 4.78 is 55.1. The van der Waals surface area contributed by atoms with E-state index in [1.807, 2.05) is 20.8 Å². The van der Waals surface area contributed by atoms with Crippen LogP contribution in [0.15, 0.2) is 57.3 Å². The highest BCUT2D eigenvalue weighted by Gasteiger charge is 2.48. The van der Waals surface area contributed by atoms with Gasteiger partial charge in [-0.3, -0.25) is 9.52 Å². The number of aliphatic hydroxyl groups is 2. The molecule has 1 aliphatic heterocycles. The molecule has 0 fully saturated rings. The van der Waals surface area contributed by atoms with E-state index in [4.69, 9.17) is 0 Å². The summed E-state index contributed by atoms with van der Waals surface area (Å²) in [5.74, 6) is -1.81. The lowest BCUT2D eigenvalue weighted by Crippen LogP contribution is -2.44. The number of Topliss-reactive ketones (excluding diaryl/α,β-unsaturated/α-hetero) is 1. The minimum Gasteiger partial charge on any atom is -0.506 e. The minimum atomic E-state index is -4.40. The second-order valence-electron chi connectivity index (χ2n) is 10.1. The molecule has 4 N–H and O–H groups in total. The second kappa shape index (κ2) is 8.43. The van der Waals surface area contributed by atoms with Crippen molar-refractivity contribution >= 4 is 48.8 Å². The van der Waals surface area contributed by atoms with Crippen molar-refractivity contribution in [2.75, 3.05) is 16.3 Å². The third kappa shape index (κ3) is 4.75. The van der Waals surface area contributed by atoms with Gasteiger partial charge in [0.15, 0.2) is 11.4 Å². The molecule has 2 aromatic rings. The molecule has 1 atom stereocenters. The van der Waals surface area contributed by atoms with Crippen LogP contribution in [0, 0.1) is 5.41 Å². The molecule has 4 rings (SSSR count). The van der Waals surface area contributed by atoms with E-state index in [-0.39, 0.29) is 39.2 Å². The third-order valence-corrected chi connectivity index (χ3v) is 7.89. The van der Waals surface area contributed by atoms with E-state index in [1.165, 1.54) is 18.2 Å². The maximum absolute atomic E-state index is 13.7. The molecule has 192 valence electrons. The molecule has 0 aromatic heterocycles. The summed E-state index contributed by atoms with van der Waals surface area (Å²) in [6.07, 6.45) is 1.44. The maximum atomic E-state index is 13.7. The molecule has 0 radical (unpaired) electrons. The van der Waals surface area contributed by atoms with Crippen LogP contribution in [0.5, 0.6) is 0 Å². The molecule has 0 saturated heterocycles. The molecular formula is C24H27N3O7S2. The summed E-state index contributed by atoms with van der Waals surface area (Å²) in [6, 6.07) is 10.1. The number of ketones is 1. The van der Waals surface area contributed by atoms with Crippen LogP contribution < -0.4 is 10.0 Å². The lowest BCUT2D eigenvalue weighted by Gasteiger charge is -2.36. The van der Waals surface area contributed by atoms with Gasteiger partial charge in [0.2, 0.25) is 15.8 Å². The van der Waals surface area contributed by atoms with E-state index in [0.717, 1.165) is 12.3 Å². The molecule has 0 amide bonds. The van der Waals surface area contributed by atoms with Crippen molar-refractivity contribution in [3.8, 4) is 0 Å². The zero-order chi connectivity index (χ0) is 26.7. The average Bonchev–Trinajstić information content (AvgIpc) is 2.75. The van der Waals surface area contributed by atoms with Gasteiger partial charge >= 0.3 is 0 Å². The molecule has 2 aromatic carbocycles. The van der Waals surface area contributed by atoms with E-state index in [2.05, 4.69) is 14.4 Å². The van der Waals surface area contributed by atoms with Crippen LogP contribution in [-0.4, -0.2) is 44.9 Å². The first kappa shape index (κ1) is 25.9. The predicted octanol–water partition coefficient (Wildman–Crippen LogP) is 3.14. The highest BCUT2D eigenvalue weighted by atomic mass is 32.2. The Balaban J connectivity index is 1.84. The Hall–Kier alpha value is -3.22. The van der Waals surface area contributed by atoms with Crippen molar-refractivity contribution in [3.63, 3.8) is 0 Å². The van der Waals surface area contributed by atoms with E-state index in [9.17, 15) is 31.8 Å². The van der Waals surface area contributed by atoms with Crippen LogP contribution in [0.4, 0.5) is 11.4 Å². The summed E-state index contributed by atoms with van der Waals surface area (Å²) in [5.41, 5.74) is -2.19. The molecule has 1 aliphatic carbocycles. The Bertz CT molecular complexity index is 1550. The quantitative estimate of drug-likeness (QED) is 0.456. The summed E-state index contributed by atoms with van der Waals surface area (Å²) in [5, 5.41) is 25.5. The lowest BCUT2D eigenvalue weighted by molar-refractivity contribution is -0.135. The second-order valence-corrected chi connectivity index (χ2v) is 13.5. The van der Waals surface area contributed by atoms with Gasteiger partial charge < -0.3 is 15.5 Å². The first-order chi connectivity index (χ1) is 16.5. The van der Waals surface area contributed by atoms with Crippen LogP contribution >= 0.6 is 0 Å². The molecule has 2 aliphatic rings. The molecule has 1 unspecified atom stereocenters. The largest absolute Gasteiger partial charge is 0.506 e. The van der Waals surface area contributed by atoms with Crippen LogP contribution in [-0.2, 0) is 30.4 Å².